The Morgan fingerprint density at radius 3 is 2.82 bits per heavy atom. The SMILES string of the molecule is C#CCN(C)C(=O)Nc1cccc(C(=O)O)c1. The molecular formula is C12H12N2O3. The lowest BCUT2D eigenvalue weighted by atomic mass is 10.2. The highest BCUT2D eigenvalue weighted by molar-refractivity contribution is 5.93. The molecule has 5 nitrogen and oxygen atoms in total. The lowest BCUT2D eigenvalue weighted by Gasteiger charge is -2.15. The summed E-state index contributed by atoms with van der Waals surface area (Å²) in [6.07, 6.45) is 5.08. The monoisotopic (exact) mass is 232 g/mol. The van der Waals surface area contributed by atoms with E-state index in [0.717, 1.165) is 0 Å². The van der Waals surface area contributed by atoms with Crippen LogP contribution >= 0.6 is 0 Å². The Balaban J connectivity index is 2.75. The van der Waals surface area contributed by atoms with Gasteiger partial charge in [-0.25, -0.2) is 9.59 Å². The quantitative estimate of drug-likeness (QED) is 0.775. The van der Waals surface area contributed by atoms with Gasteiger partial charge in [-0.3, -0.25) is 0 Å². The van der Waals surface area contributed by atoms with E-state index in [1.807, 2.05) is 0 Å². The van der Waals surface area contributed by atoms with Gasteiger partial charge in [-0.05, 0) is 18.2 Å². The summed E-state index contributed by atoms with van der Waals surface area (Å²) in [7, 11) is 1.55. The largest absolute Gasteiger partial charge is 0.478 e. The summed E-state index contributed by atoms with van der Waals surface area (Å²) in [6, 6.07) is 5.60. The Morgan fingerprint density at radius 2 is 2.24 bits per heavy atom. The van der Waals surface area contributed by atoms with Crippen molar-refractivity contribution in [2.45, 2.75) is 0 Å². The van der Waals surface area contributed by atoms with Crippen LogP contribution in [0.3, 0.4) is 0 Å². The van der Waals surface area contributed by atoms with Gasteiger partial charge in [-0.15, -0.1) is 6.42 Å². The van der Waals surface area contributed by atoms with E-state index < -0.39 is 5.97 Å². The van der Waals surface area contributed by atoms with Gasteiger partial charge in [-0.1, -0.05) is 12.0 Å². The molecule has 17 heavy (non-hydrogen) atoms. The molecule has 0 aliphatic carbocycles. The number of rotatable bonds is 3. The summed E-state index contributed by atoms with van der Waals surface area (Å²) in [4.78, 5) is 23.6. The van der Waals surface area contributed by atoms with Gasteiger partial charge in [0, 0.05) is 12.7 Å². The molecule has 0 atom stereocenters. The fourth-order valence-electron chi connectivity index (χ4n) is 1.16. The van der Waals surface area contributed by atoms with Crippen LogP contribution in [0.4, 0.5) is 10.5 Å². The van der Waals surface area contributed by atoms with Gasteiger partial charge >= 0.3 is 12.0 Å². The van der Waals surface area contributed by atoms with Crippen LogP contribution < -0.4 is 5.32 Å². The Labute approximate surface area is 99.0 Å². The van der Waals surface area contributed by atoms with E-state index >= 15 is 0 Å². The summed E-state index contributed by atoms with van der Waals surface area (Å²) in [5.41, 5.74) is 0.529. The van der Waals surface area contributed by atoms with Crippen LogP contribution in [0, 0.1) is 12.3 Å². The molecule has 0 fully saturated rings. The Morgan fingerprint density at radius 1 is 1.53 bits per heavy atom. The maximum atomic E-state index is 11.6. The zero-order valence-corrected chi connectivity index (χ0v) is 9.30. The number of urea groups is 1. The molecule has 0 radical (unpaired) electrons. The molecule has 0 aromatic heterocycles. The first-order chi connectivity index (χ1) is 8.04. The van der Waals surface area contributed by atoms with E-state index in [1.54, 1.807) is 19.2 Å². The molecule has 2 N–H and O–H groups in total. The number of carboxylic acid groups (broad SMARTS) is 1. The normalized spacial score (nSPS) is 9.18. The lowest BCUT2D eigenvalue weighted by molar-refractivity contribution is 0.0697. The van der Waals surface area contributed by atoms with E-state index in [0.29, 0.717) is 5.69 Å². The second kappa shape index (κ2) is 5.56. The highest BCUT2D eigenvalue weighted by Gasteiger charge is 2.08. The standard InChI is InChI=1S/C12H12N2O3/c1-3-7-14(2)12(17)13-10-6-4-5-9(8-10)11(15)16/h1,4-6,8H,7H2,2H3,(H,13,17)(H,15,16). The van der Waals surface area contributed by atoms with Crippen molar-refractivity contribution in [1.82, 2.24) is 4.90 Å². The molecule has 88 valence electrons. The topological polar surface area (TPSA) is 69.6 Å². The second-order valence-electron chi connectivity index (χ2n) is 3.38. The average Bonchev–Trinajstić information content (AvgIpc) is 2.29. The molecule has 5 heteroatoms. The first-order valence-corrected chi connectivity index (χ1v) is 4.83. The first-order valence-electron chi connectivity index (χ1n) is 4.83. The van der Waals surface area contributed by atoms with Crippen molar-refractivity contribution in [2.24, 2.45) is 0 Å². The van der Waals surface area contributed by atoms with E-state index in [4.69, 9.17) is 11.5 Å². The molecule has 0 heterocycles. The molecule has 0 aliphatic heterocycles. The van der Waals surface area contributed by atoms with Gasteiger partial charge in [0.1, 0.15) is 0 Å². The molecule has 1 aromatic rings. The van der Waals surface area contributed by atoms with E-state index in [2.05, 4.69) is 11.2 Å². The number of nitrogens with one attached hydrogen (secondary N) is 1. The summed E-state index contributed by atoms with van der Waals surface area (Å²) in [5, 5.41) is 11.3. The van der Waals surface area contributed by atoms with Crippen molar-refractivity contribution in [2.75, 3.05) is 18.9 Å². The average molecular weight is 232 g/mol. The number of benzene rings is 1. The smallest absolute Gasteiger partial charge is 0.335 e. The molecule has 1 rings (SSSR count). The Hall–Kier alpha value is -2.48. The molecule has 0 bridgehead atoms. The van der Waals surface area contributed by atoms with Crippen molar-refractivity contribution in [3.8, 4) is 12.3 Å². The zero-order valence-electron chi connectivity index (χ0n) is 9.30. The number of carbonyl (C=O) groups excluding carboxylic acids is 1. The molecule has 0 saturated carbocycles. The number of carbonyl (C=O) groups is 2. The predicted octanol–water partition coefficient (Wildman–Crippen LogP) is 1.48. The maximum absolute atomic E-state index is 11.6. The molecule has 0 aliphatic rings. The maximum Gasteiger partial charge on any atom is 0.335 e. The first kappa shape index (κ1) is 12.6. The van der Waals surface area contributed by atoms with Gasteiger partial charge in [0.05, 0.1) is 12.1 Å². The minimum absolute atomic E-state index is 0.113. The van der Waals surface area contributed by atoms with Gasteiger partial charge in [-0.2, -0.15) is 0 Å². The van der Waals surface area contributed by atoms with Crippen molar-refractivity contribution in [3.63, 3.8) is 0 Å². The van der Waals surface area contributed by atoms with E-state index in [1.165, 1.54) is 17.0 Å². The minimum atomic E-state index is -1.04. The Bertz CT molecular complexity index is 477. The summed E-state index contributed by atoms with van der Waals surface area (Å²) < 4.78 is 0. The Kier molecular flexibility index (Phi) is 4.12. The van der Waals surface area contributed by atoms with Crippen molar-refractivity contribution < 1.29 is 14.7 Å². The van der Waals surface area contributed by atoms with Crippen LogP contribution in [0.1, 0.15) is 10.4 Å². The summed E-state index contributed by atoms with van der Waals surface area (Å²) >= 11 is 0. The fourth-order valence-corrected chi connectivity index (χ4v) is 1.16. The molecule has 2 amide bonds. The highest BCUT2D eigenvalue weighted by atomic mass is 16.4. The van der Waals surface area contributed by atoms with Crippen molar-refractivity contribution in [3.05, 3.63) is 29.8 Å². The van der Waals surface area contributed by atoms with Crippen LogP contribution in [0.2, 0.25) is 0 Å². The molecule has 0 saturated heterocycles. The predicted molar refractivity (Wildman–Crippen MR) is 63.9 cm³/mol. The van der Waals surface area contributed by atoms with Crippen LogP contribution in [-0.4, -0.2) is 35.6 Å². The van der Waals surface area contributed by atoms with Crippen LogP contribution in [-0.2, 0) is 0 Å². The minimum Gasteiger partial charge on any atom is -0.478 e. The van der Waals surface area contributed by atoms with Crippen molar-refractivity contribution in [1.29, 1.82) is 0 Å². The number of anilines is 1. The summed E-state index contributed by atoms with van der Waals surface area (Å²) in [6.45, 7) is 0.185. The third-order valence-corrected chi connectivity index (χ3v) is 2.04. The second-order valence-corrected chi connectivity index (χ2v) is 3.38. The lowest BCUT2D eigenvalue weighted by Crippen LogP contribution is -2.31. The van der Waals surface area contributed by atoms with E-state index in [9.17, 15) is 9.59 Å². The highest BCUT2D eigenvalue weighted by Crippen LogP contribution is 2.11. The zero-order chi connectivity index (χ0) is 12.8. The number of hydrogen-bond donors (Lipinski definition) is 2. The van der Waals surface area contributed by atoms with Gasteiger partial charge < -0.3 is 15.3 Å². The number of hydrogen-bond acceptors (Lipinski definition) is 2. The fraction of sp³-hybridized carbons (Fsp3) is 0.167. The molecule has 0 spiro atoms. The molecule has 1 aromatic carbocycles. The number of terminal acetylenes is 1. The molecular weight excluding hydrogens is 220 g/mol. The third kappa shape index (κ3) is 3.54. The number of carboxylic acids is 1. The number of aromatic carboxylic acids is 1. The molecule has 0 unspecified atom stereocenters. The van der Waals surface area contributed by atoms with Crippen LogP contribution in [0.15, 0.2) is 24.3 Å². The third-order valence-electron chi connectivity index (χ3n) is 2.04. The van der Waals surface area contributed by atoms with Crippen molar-refractivity contribution >= 4 is 17.7 Å². The van der Waals surface area contributed by atoms with Gasteiger partial charge in [0.25, 0.3) is 0 Å². The van der Waals surface area contributed by atoms with Crippen LogP contribution in [0.25, 0.3) is 0 Å². The summed E-state index contributed by atoms with van der Waals surface area (Å²) in [5.74, 6) is 1.29. The van der Waals surface area contributed by atoms with Gasteiger partial charge in [0.15, 0.2) is 0 Å². The number of amides is 2. The number of nitrogens with zero attached hydrogens (tertiary/aromatic N) is 1. The van der Waals surface area contributed by atoms with Crippen LogP contribution in [0.5, 0.6) is 0 Å². The van der Waals surface area contributed by atoms with E-state index in [-0.39, 0.29) is 18.1 Å². The van der Waals surface area contributed by atoms with Gasteiger partial charge in [0.2, 0.25) is 0 Å².